The van der Waals surface area contributed by atoms with Gasteiger partial charge >= 0.3 is 0 Å². The summed E-state index contributed by atoms with van der Waals surface area (Å²) in [6.45, 7) is 6.50. The Labute approximate surface area is 102 Å². The van der Waals surface area contributed by atoms with Crippen LogP contribution >= 0.6 is 12.2 Å². The topological polar surface area (TPSA) is 50.9 Å². The number of aromatic nitrogens is 1. The van der Waals surface area contributed by atoms with Crippen molar-refractivity contribution in [1.82, 2.24) is 4.98 Å². The van der Waals surface area contributed by atoms with E-state index in [0.717, 1.165) is 24.2 Å². The molecule has 0 saturated carbocycles. The lowest BCUT2D eigenvalue weighted by molar-refractivity contribution is 0.477. The number of hydrogen-bond donors (Lipinski definition) is 2. The van der Waals surface area contributed by atoms with Gasteiger partial charge in [-0.3, -0.25) is 0 Å². The predicted molar refractivity (Wildman–Crippen MR) is 72.7 cm³/mol. The molecule has 0 spiro atoms. The Morgan fingerprint density at radius 2 is 2.12 bits per heavy atom. The van der Waals surface area contributed by atoms with Gasteiger partial charge in [0.25, 0.3) is 0 Å². The highest BCUT2D eigenvalue weighted by Crippen LogP contribution is 2.20. The summed E-state index contributed by atoms with van der Waals surface area (Å²) in [6.07, 6.45) is 3.81. The van der Waals surface area contributed by atoms with E-state index in [2.05, 4.69) is 31.1 Å². The number of hydrogen-bond acceptors (Lipinski definition) is 3. The van der Waals surface area contributed by atoms with Crippen LogP contribution in [0.25, 0.3) is 0 Å². The number of nitrogens with zero attached hydrogens (tertiary/aromatic N) is 1. The molecular formula is C12H19N3S. The zero-order valence-corrected chi connectivity index (χ0v) is 10.9. The molecule has 1 rings (SSSR count). The average Bonchev–Trinajstić information content (AvgIpc) is 2.29. The van der Waals surface area contributed by atoms with Gasteiger partial charge in [0, 0.05) is 17.3 Å². The molecule has 0 aliphatic rings. The highest BCUT2D eigenvalue weighted by atomic mass is 32.1. The summed E-state index contributed by atoms with van der Waals surface area (Å²) in [4.78, 5) is 4.68. The monoisotopic (exact) mass is 237 g/mol. The molecule has 0 atom stereocenters. The van der Waals surface area contributed by atoms with E-state index in [4.69, 9.17) is 18.0 Å². The van der Waals surface area contributed by atoms with E-state index < -0.39 is 0 Å². The van der Waals surface area contributed by atoms with Crippen molar-refractivity contribution in [2.24, 2.45) is 5.73 Å². The molecule has 0 aliphatic carbocycles. The third-order valence-electron chi connectivity index (χ3n) is 3.03. The van der Waals surface area contributed by atoms with Crippen LogP contribution in [0.15, 0.2) is 18.3 Å². The molecule has 88 valence electrons. The minimum absolute atomic E-state index is 0.0713. The van der Waals surface area contributed by atoms with Crippen molar-refractivity contribution in [2.45, 2.75) is 39.2 Å². The molecule has 1 aromatic heterocycles. The quantitative estimate of drug-likeness (QED) is 0.773. The van der Waals surface area contributed by atoms with Gasteiger partial charge in [0.2, 0.25) is 0 Å². The first kappa shape index (κ1) is 12.9. The van der Waals surface area contributed by atoms with Crippen LogP contribution in [0.2, 0.25) is 0 Å². The minimum atomic E-state index is 0.0713. The van der Waals surface area contributed by atoms with Crippen LogP contribution in [0.1, 0.15) is 39.2 Å². The van der Waals surface area contributed by atoms with Gasteiger partial charge < -0.3 is 11.1 Å². The maximum Gasteiger partial charge on any atom is 0.126 e. The van der Waals surface area contributed by atoms with Crippen molar-refractivity contribution in [3.05, 3.63) is 23.9 Å². The second kappa shape index (κ2) is 5.25. The zero-order valence-electron chi connectivity index (χ0n) is 10.1. The maximum atomic E-state index is 5.59. The van der Waals surface area contributed by atoms with E-state index in [1.54, 1.807) is 6.20 Å². The van der Waals surface area contributed by atoms with Gasteiger partial charge in [-0.25, -0.2) is 4.98 Å². The highest BCUT2D eigenvalue weighted by molar-refractivity contribution is 7.80. The Morgan fingerprint density at radius 1 is 1.50 bits per heavy atom. The minimum Gasteiger partial charge on any atom is -0.389 e. The van der Waals surface area contributed by atoms with Crippen LogP contribution in [0.4, 0.5) is 5.82 Å². The second-order valence-electron chi connectivity index (χ2n) is 4.19. The lowest BCUT2D eigenvalue weighted by Crippen LogP contribution is -2.33. The molecule has 4 heteroatoms. The van der Waals surface area contributed by atoms with Crippen molar-refractivity contribution < 1.29 is 0 Å². The number of pyridine rings is 1. The van der Waals surface area contributed by atoms with Crippen molar-refractivity contribution in [2.75, 3.05) is 5.32 Å². The van der Waals surface area contributed by atoms with Crippen molar-refractivity contribution >= 4 is 23.0 Å². The zero-order chi connectivity index (χ0) is 12.2. The predicted octanol–water partition coefficient (Wildman–Crippen LogP) is 2.71. The molecule has 0 fully saturated rings. The molecule has 0 aromatic carbocycles. The lowest BCUT2D eigenvalue weighted by Gasteiger charge is -2.29. The Hall–Kier alpha value is -1.16. The van der Waals surface area contributed by atoms with Crippen LogP contribution < -0.4 is 11.1 Å². The smallest absolute Gasteiger partial charge is 0.126 e. The SMILES string of the molecule is CCC(C)(CC)Nc1cc(C(N)=S)ccn1. The molecule has 3 nitrogen and oxygen atoms in total. The number of rotatable bonds is 5. The molecule has 0 amide bonds. The fourth-order valence-electron chi connectivity index (χ4n) is 1.39. The summed E-state index contributed by atoms with van der Waals surface area (Å²) in [7, 11) is 0. The van der Waals surface area contributed by atoms with E-state index in [1.807, 2.05) is 12.1 Å². The van der Waals surface area contributed by atoms with Gasteiger partial charge in [-0.05, 0) is 31.9 Å². The van der Waals surface area contributed by atoms with Crippen LogP contribution in [-0.2, 0) is 0 Å². The fourth-order valence-corrected chi connectivity index (χ4v) is 1.52. The van der Waals surface area contributed by atoms with Crippen molar-refractivity contribution in [1.29, 1.82) is 0 Å². The number of thiocarbonyl (C=S) groups is 1. The molecule has 0 saturated heterocycles. The van der Waals surface area contributed by atoms with E-state index in [1.165, 1.54) is 0 Å². The van der Waals surface area contributed by atoms with Gasteiger partial charge in [0.15, 0.2) is 0 Å². The third kappa shape index (κ3) is 3.17. The third-order valence-corrected chi connectivity index (χ3v) is 3.27. The van der Waals surface area contributed by atoms with Crippen molar-refractivity contribution in [3.63, 3.8) is 0 Å². The molecule has 0 aliphatic heterocycles. The summed E-state index contributed by atoms with van der Waals surface area (Å²) < 4.78 is 0. The molecule has 0 radical (unpaired) electrons. The summed E-state index contributed by atoms with van der Waals surface area (Å²) in [6, 6.07) is 3.72. The maximum absolute atomic E-state index is 5.59. The van der Waals surface area contributed by atoms with Crippen LogP contribution in [-0.4, -0.2) is 15.5 Å². The number of nitrogens with one attached hydrogen (secondary N) is 1. The fraction of sp³-hybridized carbons (Fsp3) is 0.500. The van der Waals surface area contributed by atoms with Gasteiger partial charge in [0.05, 0.1) is 0 Å². The van der Waals surface area contributed by atoms with E-state index in [9.17, 15) is 0 Å². The standard InChI is InChI=1S/C12H19N3S/c1-4-12(3,5-2)15-10-8-9(11(13)16)6-7-14-10/h6-8H,4-5H2,1-3H3,(H2,13,16)(H,14,15). The summed E-state index contributed by atoms with van der Waals surface area (Å²) in [5, 5.41) is 3.42. The molecular weight excluding hydrogens is 218 g/mol. The Morgan fingerprint density at radius 3 is 2.62 bits per heavy atom. The first-order valence-corrected chi connectivity index (χ1v) is 5.95. The normalized spacial score (nSPS) is 11.2. The van der Waals surface area contributed by atoms with E-state index >= 15 is 0 Å². The van der Waals surface area contributed by atoms with E-state index in [-0.39, 0.29) is 5.54 Å². The average molecular weight is 237 g/mol. The van der Waals surface area contributed by atoms with Gasteiger partial charge in [0.1, 0.15) is 10.8 Å². The van der Waals surface area contributed by atoms with Gasteiger partial charge in [-0.1, -0.05) is 26.1 Å². The lowest BCUT2D eigenvalue weighted by atomic mass is 9.95. The van der Waals surface area contributed by atoms with Gasteiger partial charge in [-0.2, -0.15) is 0 Å². The highest BCUT2D eigenvalue weighted by Gasteiger charge is 2.19. The largest absolute Gasteiger partial charge is 0.389 e. The summed E-state index contributed by atoms with van der Waals surface area (Å²) in [5.41, 5.74) is 6.51. The molecule has 1 aromatic rings. The number of anilines is 1. The van der Waals surface area contributed by atoms with Crippen LogP contribution in [0, 0.1) is 0 Å². The van der Waals surface area contributed by atoms with Crippen LogP contribution in [0.3, 0.4) is 0 Å². The van der Waals surface area contributed by atoms with Crippen molar-refractivity contribution in [3.8, 4) is 0 Å². The second-order valence-corrected chi connectivity index (χ2v) is 4.63. The molecule has 3 N–H and O–H groups in total. The molecule has 0 unspecified atom stereocenters. The van der Waals surface area contributed by atoms with E-state index in [0.29, 0.717) is 4.99 Å². The molecule has 16 heavy (non-hydrogen) atoms. The Balaban J connectivity index is 2.89. The Bertz CT molecular complexity index is 372. The number of nitrogens with two attached hydrogens (primary N) is 1. The van der Waals surface area contributed by atoms with Crippen LogP contribution in [0.5, 0.6) is 0 Å². The first-order chi connectivity index (χ1) is 7.50. The summed E-state index contributed by atoms with van der Waals surface area (Å²) >= 11 is 4.94. The van der Waals surface area contributed by atoms with Gasteiger partial charge in [-0.15, -0.1) is 0 Å². The summed E-state index contributed by atoms with van der Waals surface area (Å²) in [5.74, 6) is 0.830. The molecule has 1 heterocycles. The Kier molecular flexibility index (Phi) is 4.24. The molecule has 0 bridgehead atoms. The first-order valence-electron chi connectivity index (χ1n) is 5.55.